The van der Waals surface area contributed by atoms with Gasteiger partial charge in [-0.1, -0.05) is 0 Å². The molecule has 8 heteroatoms. The lowest BCUT2D eigenvalue weighted by atomic mass is 10.3. The van der Waals surface area contributed by atoms with E-state index in [2.05, 4.69) is 14.7 Å². The molecule has 0 saturated carbocycles. The largest absolute Gasteiger partial charge is 0.469 e. The minimum Gasteiger partial charge on any atom is -0.469 e. The highest BCUT2D eigenvalue weighted by molar-refractivity contribution is 5.76. The summed E-state index contributed by atoms with van der Waals surface area (Å²) >= 11 is 0. The van der Waals surface area contributed by atoms with Gasteiger partial charge in [0.05, 0.1) is 13.5 Å². The Kier molecular flexibility index (Phi) is 5.15. The van der Waals surface area contributed by atoms with Gasteiger partial charge >= 0.3 is 5.97 Å². The average molecular weight is 295 g/mol. The number of carbonyl (C=O) groups is 2. The molecule has 8 nitrogen and oxygen atoms in total. The normalized spacial score (nSPS) is 16.0. The summed E-state index contributed by atoms with van der Waals surface area (Å²) in [5, 5.41) is 4.00. The second-order valence-electron chi connectivity index (χ2n) is 4.99. The van der Waals surface area contributed by atoms with Crippen LogP contribution in [0.25, 0.3) is 0 Å². The average Bonchev–Trinajstić information content (AvgIpc) is 2.90. The molecule has 0 radical (unpaired) electrons. The molecule has 116 valence electrons. The third-order valence-corrected chi connectivity index (χ3v) is 3.54. The molecular formula is C13H21N5O3. The zero-order valence-corrected chi connectivity index (χ0v) is 12.2. The first-order valence-electron chi connectivity index (χ1n) is 6.94. The van der Waals surface area contributed by atoms with Gasteiger partial charge in [-0.3, -0.25) is 19.2 Å². The quantitative estimate of drug-likeness (QED) is 0.713. The zero-order valence-electron chi connectivity index (χ0n) is 12.2. The second-order valence-corrected chi connectivity index (χ2v) is 4.99. The van der Waals surface area contributed by atoms with Crippen LogP contribution in [0.1, 0.15) is 6.42 Å². The first kappa shape index (κ1) is 15.3. The van der Waals surface area contributed by atoms with Gasteiger partial charge in [0.1, 0.15) is 12.4 Å². The van der Waals surface area contributed by atoms with E-state index in [-0.39, 0.29) is 18.4 Å². The molecule has 1 aromatic rings. The fourth-order valence-corrected chi connectivity index (χ4v) is 2.28. The van der Waals surface area contributed by atoms with Crippen molar-refractivity contribution in [2.75, 3.05) is 45.6 Å². The number of hydrogen-bond acceptors (Lipinski definition) is 6. The van der Waals surface area contributed by atoms with E-state index in [0.29, 0.717) is 31.9 Å². The molecule has 1 amide bonds. The van der Waals surface area contributed by atoms with Crippen molar-refractivity contribution >= 4 is 17.7 Å². The SMILES string of the molecule is COC(=O)CCN1CCN(C(=O)Cn2ccc(N)n2)CC1. The number of amides is 1. The maximum Gasteiger partial charge on any atom is 0.306 e. The summed E-state index contributed by atoms with van der Waals surface area (Å²) < 4.78 is 6.16. The maximum atomic E-state index is 12.1. The topological polar surface area (TPSA) is 93.7 Å². The number of nitrogen functional groups attached to an aromatic ring is 1. The Balaban J connectivity index is 1.73. The second kappa shape index (κ2) is 7.07. The molecule has 1 aliphatic rings. The molecule has 0 unspecified atom stereocenters. The number of nitrogens with two attached hydrogens (primary N) is 1. The van der Waals surface area contributed by atoms with Crippen molar-refractivity contribution in [3.63, 3.8) is 0 Å². The lowest BCUT2D eigenvalue weighted by molar-refractivity contribution is -0.141. The molecule has 0 atom stereocenters. The van der Waals surface area contributed by atoms with Crippen LogP contribution in [-0.4, -0.2) is 71.3 Å². The number of nitrogens with zero attached hydrogens (tertiary/aromatic N) is 4. The fraction of sp³-hybridized carbons (Fsp3) is 0.615. The van der Waals surface area contributed by atoms with Crippen LogP contribution in [0.3, 0.4) is 0 Å². The highest BCUT2D eigenvalue weighted by Crippen LogP contribution is 2.05. The summed E-state index contributed by atoms with van der Waals surface area (Å²) in [5.74, 6) is 0.242. The molecule has 0 aromatic carbocycles. The first-order valence-corrected chi connectivity index (χ1v) is 6.94. The summed E-state index contributed by atoms with van der Waals surface area (Å²) in [6.45, 7) is 3.74. The molecular weight excluding hydrogens is 274 g/mol. The summed E-state index contributed by atoms with van der Waals surface area (Å²) in [6.07, 6.45) is 2.08. The Bertz CT molecular complexity index is 494. The smallest absolute Gasteiger partial charge is 0.306 e. The van der Waals surface area contributed by atoms with Crippen LogP contribution in [0, 0.1) is 0 Å². The van der Waals surface area contributed by atoms with Crippen LogP contribution in [0.2, 0.25) is 0 Å². The number of carbonyl (C=O) groups excluding carboxylic acids is 2. The zero-order chi connectivity index (χ0) is 15.2. The van der Waals surface area contributed by atoms with Gasteiger partial charge in [-0.25, -0.2) is 0 Å². The van der Waals surface area contributed by atoms with Gasteiger partial charge < -0.3 is 15.4 Å². The van der Waals surface area contributed by atoms with Crippen molar-refractivity contribution in [2.24, 2.45) is 0 Å². The number of methoxy groups -OCH3 is 1. The predicted octanol–water partition coefficient (Wildman–Crippen LogP) is -0.827. The van der Waals surface area contributed by atoms with E-state index in [9.17, 15) is 9.59 Å². The number of ether oxygens (including phenoxy) is 1. The maximum absolute atomic E-state index is 12.1. The van der Waals surface area contributed by atoms with Crippen LogP contribution >= 0.6 is 0 Å². The fourth-order valence-electron chi connectivity index (χ4n) is 2.28. The summed E-state index contributed by atoms with van der Waals surface area (Å²) in [7, 11) is 1.39. The molecule has 1 fully saturated rings. The number of piperazine rings is 1. The number of anilines is 1. The molecule has 1 aliphatic heterocycles. The Hall–Kier alpha value is -2.09. The van der Waals surface area contributed by atoms with Crippen LogP contribution in [-0.2, 0) is 20.9 Å². The van der Waals surface area contributed by atoms with E-state index in [1.165, 1.54) is 7.11 Å². The van der Waals surface area contributed by atoms with Crippen molar-refractivity contribution < 1.29 is 14.3 Å². The van der Waals surface area contributed by atoms with E-state index in [1.807, 2.05) is 4.90 Å². The van der Waals surface area contributed by atoms with Gasteiger partial charge in [0, 0.05) is 38.9 Å². The van der Waals surface area contributed by atoms with Crippen LogP contribution in [0.4, 0.5) is 5.82 Å². The van der Waals surface area contributed by atoms with E-state index in [4.69, 9.17) is 5.73 Å². The number of rotatable bonds is 5. The van der Waals surface area contributed by atoms with Crippen molar-refractivity contribution in [1.82, 2.24) is 19.6 Å². The van der Waals surface area contributed by atoms with E-state index < -0.39 is 0 Å². The molecule has 2 N–H and O–H groups in total. The van der Waals surface area contributed by atoms with Gasteiger partial charge in [-0.15, -0.1) is 0 Å². The Morgan fingerprint density at radius 3 is 2.62 bits per heavy atom. The Labute approximate surface area is 123 Å². The molecule has 1 saturated heterocycles. The van der Waals surface area contributed by atoms with E-state index in [1.54, 1.807) is 16.9 Å². The van der Waals surface area contributed by atoms with Crippen molar-refractivity contribution in [1.29, 1.82) is 0 Å². The Morgan fingerprint density at radius 2 is 2.05 bits per heavy atom. The number of esters is 1. The minimum atomic E-state index is -0.204. The van der Waals surface area contributed by atoms with Crippen LogP contribution in [0.15, 0.2) is 12.3 Å². The summed E-state index contributed by atoms with van der Waals surface area (Å²) in [4.78, 5) is 27.2. The van der Waals surface area contributed by atoms with Gasteiger partial charge in [0.15, 0.2) is 0 Å². The van der Waals surface area contributed by atoms with Gasteiger partial charge in [-0.2, -0.15) is 5.10 Å². The molecule has 0 bridgehead atoms. The van der Waals surface area contributed by atoms with Crippen molar-refractivity contribution in [3.05, 3.63) is 12.3 Å². The minimum absolute atomic E-state index is 0.0331. The van der Waals surface area contributed by atoms with Gasteiger partial charge in [0.2, 0.25) is 5.91 Å². The van der Waals surface area contributed by atoms with Gasteiger partial charge in [0.25, 0.3) is 0 Å². The van der Waals surface area contributed by atoms with Crippen molar-refractivity contribution in [2.45, 2.75) is 13.0 Å². The lowest BCUT2D eigenvalue weighted by Gasteiger charge is -2.34. The number of hydrogen-bond donors (Lipinski definition) is 1. The molecule has 2 heterocycles. The standard InChI is InChI=1S/C13H21N5O3/c1-21-13(20)3-4-16-6-8-17(9-7-16)12(19)10-18-5-2-11(14)15-18/h2,5H,3-4,6-10H2,1H3,(H2,14,15). The molecule has 1 aromatic heterocycles. The van der Waals surface area contributed by atoms with Gasteiger partial charge in [-0.05, 0) is 6.07 Å². The lowest BCUT2D eigenvalue weighted by Crippen LogP contribution is -2.49. The van der Waals surface area contributed by atoms with Crippen molar-refractivity contribution in [3.8, 4) is 0 Å². The molecule has 2 rings (SSSR count). The third-order valence-electron chi connectivity index (χ3n) is 3.54. The van der Waals surface area contributed by atoms with Crippen LogP contribution in [0.5, 0.6) is 0 Å². The third kappa shape index (κ3) is 4.45. The highest BCUT2D eigenvalue weighted by atomic mass is 16.5. The first-order chi connectivity index (χ1) is 10.1. The molecule has 0 spiro atoms. The summed E-state index contributed by atoms with van der Waals surface area (Å²) in [6, 6.07) is 1.66. The molecule has 0 aliphatic carbocycles. The van der Waals surface area contributed by atoms with E-state index >= 15 is 0 Å². The van der Waals surface area contributed by atoms with E-state index in [0.717, 1.165) is 13.1 Å². The predicted molar refractivity (Wildman–Crippen MR) is 76.3 cm³/mol. The monoisotopic (exact) mass is 295 g/mol. The molecule has 21 heavy (non-hydrogen) atoms. The summed E-state index contributed by atoms with van der Waals surface area (Å²) in [5.41, 5.74) is 5.52. The highest BCUT2D eigenvalue weighted by Gasteiger charge is 2.21. The Morgan fingerprint density at radius 1 is 1.33 bits per heavy atom. The van der Waals surface area contributed by atoms with Crippen LogP contribution < -0.4 is 5.73 Å². The number of aromatic nitrogens is 2.